The molecule has 1 aromatic heterocycles. The summed E-state index contributed by atoms with van der Waals surface area (Å²) in [4.78, 5) is 12.1. The minimum atomic E-state index is -0.517. The third-order valence-corrected chi connectivity index (χ3v) is 3.03. The van der Waals surface area contributed by atoms with E-state index in [-0.39, 0.29) is 24.8 Å². The average molecular weight is 281 g/mol. The number of rotatable bonds is 5. The molecule has 2 N–H and O–H groups in total. The van der Waals surface area contributed by atoms with Gasteiger partial charge in [-0.1, -0.05) is 0 Å². The van der Waals surface area contributed by atoms with Gasteiger partial charge in [0.1, 0.15) is 11.4 Å². The zero-order valence-corrected chi connectivity index (χ0v) is 11.3. The second-order valence-corrected chi connectivity index (χ2v) is 4.50. The van der Waals surface area contributed by atoms with Crippen LogP contribution < -0.4 is 5.32 Å². The van der Waals surface area contributed by atoms with E-state index in [0.717, 1.165) is 0 Å². The summed E-state index contributed by atoms with van der Waals surface area (Å²) >= 11 is 0. The molecule has 0 saturated carbocycles. The highest BCUT2D eigenvalue weighted by molar-refractivity contribution is 5.99. The van der Waals surface area contributed by atoms with Crippen LogP contribution >= 0.6 is 0 Å². The van der Waals surface area contributed by atoms with Crippen LogP contribution in [0.25, 0.3) is 11.0 Å². The Morgan fingerprint density at radius 1 is 1.55 bits per heavy atom. The summed E-state index contributed by atoms with van der Waals surface area (Å²) in [7, 11) is 1.48. The summed E-state index contributed by atoms with van der Waals surface area (Å²) in [5.74, 6) is -0.740. The lowest BCUT2D eigenvalue weighted by Gasteiger charge is -2.14. The number of methoxy groups -OCH3 is 1. The largest absolute Gasteiger partial charge is 0.451 e. The molecule has 0 fully saturated rings. The summed E-state index contributed by atoms with van der Waals surface area (Å²) in [6.45, 7) is 1.63. The smallest absolute Gasteiger partial charge is 0.287 e. The van der Waals surface area contributed by atoms with E-state index in [1.54, 1.807) is 6.92 Å². The predicted molar refractivity (Wildman–Crippen MR) is 71.1 cm³/mol. The van der Waals surface area contributed by atoms with Gasteiger partial charge in [0.05, 0.1) is 19.3 Å². The highest BCUT2D eigenvalue weighted by Gasteiger charge is 2.20. The summed E-state index contributed by atoms with van der Waals surface area (Å²) in [6.07, 6.45) is 0. The summed E-state index contributed by atoms with van der Waals surface area (Å²) in [5.41, 5.74) is 1.01. The Morgan fingerprint density at radius 3 is 2.95 bits per heavy atom. The number of ether oxygens (including phenoxy) is 1. The molecule has 0 saturated heterocycles. The third-order valence-electron chi connectivity index (χ3n) is 3.03. The normalized spacial score (nSPS) is 12.6. The molecule has 2 rings (SSSR count). The van der Waals surface area contributed by atoms with E-state index in [4.69, 9.17) is 14.3 Å². The van der Waals surface area contributed by atoms with E-state index >= 15 is 0 Å². The Labute approximate surface area is 115 Å². The van der Waals surface area contributed by atoms with Crippen molar-refractivity contribution in [3.8, 4) is 0 Å². The lowest BCUT2D eigenvalue weighted by Crippen LogP contribution is -2.40. The predicted octanol–water partition coefficient (Wildman–Crippen LogP) is 1.62. The minimum Gasteiger partial charge on any atom is -0.451 e. The number of nitrogens with one attached hydrogen (secondary N) is 1. The molecule has 0 aliphatic carbocycles. The van der Waals surface area contributed by atoms with Gasteiger partial charge in [-0.15, -0.1) is 0 Å². The first-order valence-electron chi connectivity index (χ1n) is 6.16. The van der Waals surface area contributed by atoms with Crippen molar-refractivity contribution in [3.63, 3.8) is 0 Å². The van der Waals surface area contributed by atoms with Gasteiger partial charge in [-0.3, -0.25) is 4.79 Å². The van der Waals surface area contributed by atoms with Gasteiger partial charge in [-0.05, 0) is 25.1 Å². The van der Waals surface area contributed by atoms with E-state index in [2.05, 4.69) is 5.32 Å². The number of halogens is 1. The van der Waals surface area contributed by atoms with E-state index in [1.807, 2.05) is 0 Å². The highest BCUT2D eigenvalue weighted by atomic mass is 19.1. The fourth-order valence-corrected chi connectivity index (χ4v) is 2.00. The minimum absolute atomic E-state index is 0.111. The summed E-state index contributed by atoms with van der Waals surface area (Å²) < 4.78 is 23.5. The topological polar surface area (TPSA) is 71.7 Å². The zero-order chi connectivity index (χ0) is 14.7. The second kappa shape index (κ2) is 6.02. The molecule has 0 bridgehead atoms. The number of aryl methyl sites for hydroxylation is 1. The van der Waals surface area contributed by atoms with Crippen LogP contribution in [0.4, 0.5) is 4.39 Å². The molecule has 1 atom stereocenters. The fourth-order valence-electron chi connectivity index (χ4n) is 2.00. The van der Waals surface area contributed by atoms with E-state index in [1.165, 1.54) is 25.3 Å². The SMILES string of the molecule is COCC(CO)NC(=O)c1oc2ccc(F)cc2c1C. The molecule has 5 nitrogen and oxygen atoms in total. The van der Waals surface area contributed by atoms with Crippen molar-refractivity contribution in [1.82, 2.24) is 5.32 Å². The Hall–Kier alpha value is -1.92. The highest BCUT2D eigenvalue weighted by Crippen LogP contribution is 2.25. The van der Waals surface area contributed by atoms with Crippen molar-refractivity contribution < 1.29 is 23.4 Å². The lowest BCUT2D eigenvalue weighted by atomic mass is 10.1. The molecule has 1 heterocycles. The van der Waals surface area contributed by atoms with Gasteiger partial charge >= 0.3 is 0 Å². The van der Waals surface area contributed by atoms with Gasteiger partial charge < -0.3 is 19.6 Å². The molecule has 0 spiro atoms. The number of aliphatic hydroxyl groups excluding tert-OH is 1. The van der Waals surface area contributed by atoms with Crippen LogP contribution in [-0.4, -0.2) is 37.4 Å². The van der Waals surface area contributed by atoms with Gasteiger partial charge in [-0.2, -0.15) is 0 Å². The van der Waals surface area contributed by atoms with Crippen LogP contribution in [0.1, 0.15) is 16.1 Å². The van der Waals surface area contributed by atoms with Crippen molar-refractivity contribution in [1.29, 1.82) is 0 Å². The lowest BCUT2D eigenvalue weighted by molar-refractivity contribution is 0.0815. The van der Waals surface area contributed by atoms with Crippen molar-refractivity contribution in [3.05, 3.63) is 35.3 Å². The standard InChI is InChI=1S/C14H16FNO4/c1-8-11-5-9(15)3-4-12(11)20-13(8)14(18)16-10(6-17)7-19-2/h3-5,10,17H,6-7H2,1-2H3,(H,16,18). The first-order valence-corrected chi connectivity index (χ1v) is 6.16. The van der Waals surface area contributed by atoms with Crippen LogP contribution in [0.15, 0.2) is 22.6 Å². The Morgan fingerprint density at radius 2 is 2.30 bits per heavy atom. The Kier molecular flexibility index (Phi) is 4.36. The first-order chi connectivity index (χ1) is 9.56. The number of benzene rings is 1. The first kappa shape index (κ1) is 14.5. The van der Waals surface area contributed by atoms with E-state index in [9.17, 15) is 9.18 Å². The maximum Gasteiger partial charge on any atom is 0.287 e. The maximum absolute atomic E-state index is 13.2. The van der Waals surface area contributed by atoms with Crippen LogP contribution in [0.5, 0.6) is 0 Å². The van der Waals surface area contributed by atoms with Crippen LogP contribution in [0, 0.1) is 12.7 Å². The number of furan rings is 1. The number of hydrogen-bond donors (Lipinski definition) is 2. The maximum atomic E-state index is 13.2. The molecule has 20 heavy (non-hydrogen) atoms. The average Bonchev–Trinajstić information content (AvgIpc) is 2.75. The molecule has 1 unspecified atom stereocenters. The number of carbonyl (C=O) groups excluding carboxylic acids is 1. The summed E-state index contributed by atoms with van der Waals surface area (Å²) in [5, 5.41) is 12.3. The molecule has 2 aromatic rings. The van der Waals surface area contributed by atoms with E-state index in [0.29, 0.717) is 16.5 Å². The molecule has 1 aromatic carbocycles. The molecule has 0 radical (unpaired) electrons. The van der Waals surface area contributed by atoms with E-state index < -0.39 is 11.9 Å². The number of amides is 1. The third kappa shape index (κ3) is 2.81. The zero-order valence-electron chi connectivity index (χ0n) is 11.3. The molecule has 0 aliphatic rings. The van der Waals surface area contributed by atoms with Gasteiger partial charge in [0.2, 0.25) is 0 Å². The van der Waals surface area contributed by atoms with Crippen molar-refractivity contribution >= 4 is 16.9 Å². The monoisotopic (exact) mass is 281 g/mol. The van der Waals surface area contributed by atoms with Gasteiger partial charge in [-0.25, -0.2) is 4.39 Å². The van der Waals surface area contributed by atoms with Crippen LogP contribution in [-0.2, 0) is 4.74 Å². The number of carbonyl (C=O) groups is 1. The van der Waals surface area contributed by atoms with Crippen LogP contribution in [0.3, 0.4) is 0 Å². The molecular weight excluding hydrogens is 265 g/mol. The number of aliphatic hydroxyl groups is 1. The van der Waals surface area contributed by atoms with Crippen molar-refractivity contribution in [2.75, 3.05) is 20.3 Å². The summed E-state index contributed by atoms with van der Waals surface area (Å²) in [6, 6.07) is 3.56. The number of fused-ring (bicyclic) bond motifs is 1. The molecule has 6 heteroatoms. The second-order valence-electron chi connectivity index (χ2n) is 4.50. The molecule has 108 valence electrons. The molecular formula is C14H16FNO4. The number of hydrogen-bond acceptors (Lipinski definition) is 4. The fraction of sp³-hybridized carbons (Fsp3) is 0.357. The van der Waals surface area contributed by atoms with Gasteiger partial charge in [0.15, 0.2) is 5.76 Å². The van der Waals surface area contributed by atoms with Gasteiger partial charge in [0.25, 0.3) is 5.91 Å². The molecule has 0 aliphatic heterocycles. The quantitative estimate of drug-likeness (QED) is 0.873. The molecule has 1 amide bonds. The van der Waals surface area contributed by atoms with Crippen molar-refractivity contribution in [2.24, 2.45) is 0 Å². The Bertz CT molecular complexity index is 623. The Balaban J connectivity index is 2.28. The van der Waals surface area contributed by atoms with Crippen LogP contribution in [0.2, 0.25) is 0 Å². The van der Waals surface area contributed by atoms with Gasteiger partial charge in [0, 0.05) is 18.1 Å². The van der Waals surface area contributed by atoms with Crippen molar-refractivity contribution in [2.45, 2.75) is 13.0 Å².